The Hall–Kier alpha value is -2.60. The summed E-state index contributed by atoms with van der Waals surface area (Å²) in [6.07, 6.45) is 4.06. The van der Waals surface area contributed by atoms with Gasteiger partial charge in [0.15, 0.2) is 5.41 Å². The molecule has 1 atom stereocenters. The molecule has 0 aromatic carbocycles. The quantitative estimate of drug-likeness (QED) is 0.472. The molecule has 0 bridgehead atoms. The number of hydrogen-bond donors (Lipinski definition) is 1. The van der Waals surface area contributed by atoms with Crippen molar-refractivity contribution >= 4 is 5.87 Å². The lowest BCUT2D eigenvalue weighted by atomic mass is 9.72. The van der Waals surface area contributed by atoms with Crippen molar-refractivity contribution in [3.05, 3.63) is 29.4 Å². The maximum atomic E-state index is 9.32. The Bertz CT molecular complexity index is 584. The molecule has 1 N–H and O–H groups in total. The number of nitriles is 3. The van der Waals surface area contributed by atoms with E-state index in [0.29, 0.717) is 6.42 Å². The predicted molar refractivity (Wildman–Crippen MR) is 70.7 cm³/mol. The molecule has 0 aromatic rings. The molecule has 19 heavy (non-hydrogen) atoms. The minimum atomic E-state index is -1.59. The smallest absolute Gasteiger partial charge is 0.193 e. The number of rotatable bonds is 4. The van der Waals surface area contributed by atoms with Gasteiger partial charge in [-0.05, 0) is 32.1 Å². The van der Waals surface area contributed by atoms with Gasteiger partial charge in [-0.3, -0.25) is 5.41 Å². The fraction of sp³-hybridized carbons (Fsp3) is 0.400. The molecule has 1 unspecified atom stereocenters. The lowest BCUT2D eigenvalue weighted by Crippen LogP contribution is -2.27. The van der Waals surface area contributed by atoms with Crippen molar-refractivity contribution < 1.29 is 0 Å². The maximum absolute atomic E-state index is 9.32. The first-order chi connectivity index (χ1) is 9.03. The number of nitrogens with zero attached hydrogens (tertiary/aromatic N) is 3. The van der Waals surface area contributed by atoms with E-state index in [-0.39, 0.29) is 11.5 Å². The molecule has 0 fully saturated rings. The molecule has 1 rings (SSSR count). The zero-order valence-corrected chi connectivity index (χ0v) is 10.8. The third-order valence-electron chi connectivity index (χ3n) is 3.28. The van der Waals surface area contributed by atoms with E-state index in [2.05, 4.69) is 6.58 Å². The van der Waals surface area contributed by atoms with Crippen molar-refractivity contribution in [1.82, 2.24) is 0 Å². The van der Waals surface area contributed by atoms with Gasteiger partial charge in [0.25, 0.3) is 0 Å². The van der Waals surface area contributed by atoms with Crippen molar-refractivity contribution in [2.75, 3.05) is 0 Å². The standard InChI is InChI=1S/C15H14N4/c1-11(2)5-12-3-4-13(6-12)15(9-18,10-19)14(7-16)8-17/h6,13,16H,1,3-5H2,2H3. The molecule has 94 valence electrons. The summed E-state index contributed by atoms with van der Waals surface area (Å²) in [4.78, 5) is 0. The summed E-state index contributed by atoms with van der Waals surface area (Å²) in [5.74, 6) is 1.58. The average Bonchev–Trinajstić information content (AvgIpc) is 2.84. The van der Waals surface area contributed by atoms with Gasteiger partial charge in [-0.15, -0.1) is 0 Å². The highest BCUT2D eigenvalue weighted by molar-refractivity contribution is 5.67. The first kappa shape index (κ1) is 14.5. The van der Waals surface area contributed by atoms with E-state index in [4.69, 9.17) is 10.7 Å². The van der Waals surface area contributed by atoms with Crippen LogP contribution in [0.3, 0.4) is 0 Å². The molecule has 4 heteroatoms. The molecule has 0 saturated carbocycles. The van der Waals surface area contributed by atoms with Crippen molar-refractivity contribution in [2.24, 2.45) is 11.3 Å². The third kappa shape index (κ3) is 2.63. The SMILES string of the molecule is C=C(C)CC1=CC(C(C#N)(C#N)C(=C=N)C#N)CC1. The van der Waals surface area contributed by atoms with Crippen LogP contribution in [0.1, 0.15) is 26.2 Å². The molecule has 0 saturated heterocycles. The Labute approximate surface area is 113 Å². The van der Waals surface area contributed by atoms with Crippen LogP contribution in [0.25, 0.3) is 0 Å². The second kappa shape index (κ2) is 5.83. The number of hydrogen-bond acceptors (Lipinski definition) is 4. The lowest BCUT2D eigenvalue weighted by molar-refractivity contribution is 0.447. The van der Waals surface area contributed by atoms with Crippen molar-refractivity contribution in [1.29, 1.82) is 21.2 Å². The molecule has 0 aromatic heterocycles. The van der Waals surface area contributed by atoms with Crippen LogP contribution >= 0.6 is 0 Å². The van der Waals surface area contributed by atoms with Gasteiger partial charge in [0.1, 0.15) is 11.6 Å². The van der Waals surface area contributed by atoms with E-state index >= 15 is 0 Å². The molecule has 0 radical (unpaired) electrons. The summed E-state index contributed by atoms with van der Waals surface area (Å²) >= 11 is 0. The van der Waals surface area contributed by atoms with E-state index in [9.17, 15) is 10.5 Å². The molecule has 1 aliphatic carbocycles. The van der Waals surface area contributed by atoms with Gasteiger partial charge in [0.05, 0.1) is 12.1 Å². The first-order valence-electron chi connectivity index (χ1n) is 5.90. The molecule has 4 nitrogen and oxygen atoms in total. The van der Waals surface area contributed by atoms with Gasteiger partial charge in [0, 0.05) is 5.92 Å². The third-order valence-corrected chi connectivity index (χ3v) is 3.28. The van der Waals surface area contributed by atoms with Crippen LogP contribution in [0, 0.1) is 50.7 Å². The van der Waals surface area contributed by atoms with Crippen LogP contribution in [0.5, 0.6) is 0 Å². The molecule has 0 aliphatic heterocycles. The molecular formula is C15H14N4. The minimum absolute atomic E-state index is 0.213. The Kier molecular flexibility index (Phi) is 4.44. The Morgan fingerprint density at radius 2 is 2.11 bits per heavy atom. The van der Waals surface area contributed by atoms with Crippen molar-refractivity contribution in [3.63, 3.8) is 0 Å². The van der Waals surface area contributed by atoms with Crippen molar-refractivity contribution in [3.8, 4) is 18.2 Å². The Morgan fingerprint density at radius 1 is 1.47 bits per heavy atom. The monoisotopic (exact) mass is 250 g/mol. The molecule has 0 spiro atoms. The van der Waals surface area contributed by atoms with Gasteiger partial charge in [-0.2, -0.15) is 15.8 Å². The lowest BCUT2D eigenvalue weighted by Gasteiger charge is -2.21. The summed E-state index contributed by atoms with van der Waals surface area (Å²) in [7, 11) is 0. The van der Waals surface area contributed by atoms with Crippen LogP contribution in [0.4, 0.5) is 0 Å². The summed E-state index contributed by atoms with van der Waals surface area (Å²) < 4.78 is 0. The largest absolute Gasteiger partial charge is 0.258 e. The van der Waals surface area contributed by atoms with E-state index in [1.807, 2.05) is 31.0 Å². The van der Waals surface area contributed by atoms with E-state index in [1.165, 1.54) is 0 Å². The van der Waals surface area contributed by atoms with Gasteiger partial charge in [0.2, 0.25) is 0 Å². The molecule has 0 amide bonds. The van der Waals surface area contributed by atoms with Crippen molar-refractivity contribution in [2.45, 2.75) is 26.2 Å². The number of allylic oxidation sites excluding steroid dienone is 4. The van der Waals surface area contributed by atoms with Gasteiger partial charge < -0.3 is 0 Å². The average molecular weight is 250 g/mol. The minimum Gasteiger partial charge on any atom is -0.258 e. The fourth-order valence-corrected chi connectivity index (χ4v) is 2.37. The number of nitrogens with one attached hydrogen (secondary N) is 1. The zero-order valence-electron chi connectivity index (χ0n) is 10.8. The Balaban J connectivity index is 3.20. The molecular weight excluding hydrogens is 236 g/mol. The maximum Gasteiger partial charge on any atom is 0.193 e. The summed E-state index contributed by atoms with van der Waals surface area (Å²) in [6.45, 7) is 5.77. The second-order valence-electron chi connectivity index (χ2n) is 4.75. The summed E-state index contributed by atoms with van der Waals surface area (Å²) in [6, 6.07) is 5.58. The highest BCUT2D eigenvalue weighted by Gasteiger charge is 2.44. The van der Waals surface area contributed by atoms with E-state index < -0.39 is 5.41 Å². The molecule has 1 aliphatic rings. The summed E-state index contributed by atoms with van der Waals surface area (Å²) in [5, 5.41) is 34.7. The highest BCUT2D eigenvalue weighted by Crippen LogP contribution is 2.43. The second-order valence-corrected chi connectivity index (χ2v) is 4.75. The zero-order chi connectivity index (χ0) is 14.5. The normalized spacial score (nSPS) is 17.4. The summed E-state index contributed by atoms with van der Waals surface area (Å²) in [5.41, 5.74) is 0.354. The fourth-order valence-electron chi connectivity index (χ4n) is 2.37. The molecule has 0 heterocycles. The highest BCUT2D eigenvalue weighted by atomic mass is 14.5. The van der Waals surface area contributed by atoms with Gasteiger partial charge in [-0.1, -0.05) is 23.8 Å². The first-order valence-corrected chi connectivity index (χ1v) is 5.90. The predicted octanol–water partition coefficient (Wildman–Crippen LogP) is 3.02. The van der Waals surface area contributed by atoms with Crippen LogP contribution in [0.15, 0.2) is 29.4 Å². The topological polar surface area (TPSA) is 95.2 Å². The van der Waals surface area contributed by atoms with Crippen LogP contribution < -0.4 is 0 Å². The van der Waals surface area contributed by atoms with Gasteiger partial charge in [-0.25, -0.2) is 0 Å². The Morgan fingerprint density at radius 3 is 2.53 bits per heavy atom. The van der Waals surface area contributed by atoms with Crippen LogP contribution in [-0.4, -0.2) is 5.87 Å². The van der Waals surface area contributed by atoms with E-state index in [0.717, 1.165) is 24.0 Å². The van der Waals surface area contributed by atoms with Crippen LogP contribution in [0.2, 0.25) is 0 Å². The van der Waals surface area contributed by atoms with Crippen LogP contribution in [-0.2, 0) is 0 Å². The van der Waals surface area contributed by atoms with Gasteiger partial charge >= 0.3 is 0 Å². The van der Waals surface area contributed by atoms with E-state index in [1.54, 1.807) is 6.07 Å².